The highest BCUT2D eigenvalue weighted by atomic mass is 32.1. The minimum Gasteiger partial charge on any atom is -0.463 e. The van der Waals surface area contributed by atoms with Gasteiger partial charge in [-0.15, -0.1) is 11.3 Å². The Morgan fingerprint density at radius 1 is 0.627 bits per heavy atom. The van der Waals surface area contributed by atoms with E-state index in [0.717, 1.165) is 62.0 Å². The summed E-state index contributed by atoms with van der Waals surface area (Å²) in [5.74, 6) is -4.43. The number of aromatic nitrogens is 4. The molecule has 0 N–H and O–H groups in total. The molecule has 2 fully saturated rings. The molecule has 0 saturated carbocycles. The lowest BCUT2D eigenvalue weighted by atomic mass is 10.1. The standard InChI is InChI=1S/C30H32N4O16S/c1-11(35)43-9-18-22(45-13(3)37)24(47-15(5)39)27(49-18)33-7-17-21-20(51-26(17)32-30(33)42)8-34(29(41)31-21)28-25(48-16(6)40)23(46-14(4)38)19(50-28)10-44-12(2)36/h7-8,18-19,22-25,27-28H,9-10H2,1-6H3/t18-,19-,22-,23-,24-,25-,27-,28-/m1/s1. The van der Waals surface area contributed by atoms with Crippen molar-refractivity contribution in [2.24, 2.45) is 0 Å². The zero-order valence-electron chi connectivity index (χ0n) is 27.9. The van der Waals surface area contributed by atoms with E-state index in [9.17, 15) is 38.4 Å². The molecule has 51 heavy (non-hydrogen) atoms. The molecule has 0 aromatic carbocycles. The van der Waals surface area contributed by atoms with Crippen molar-refractivity contribution in [1.82, 2.24) is 19.1 Å². The summed E-state index contributed by atoms with van der Waals surface area (Å²) in [5, 5.41) is 0.200. The van der Waals surface area contributed by atoms with Crippen LogP contribution in [0.15, 0.2) is 22.0 Å². The molecule has 0 unspecified atom stereocenters. The van der Waals surface area contributed by atoms with E-state index in [-0.39, 0.29) is 15.7 Å². The number of esters is 6. The van der Waals surface area contributed by atoms with E-state index in [1.54, 1.807) is 0 Å². The van der Waals surface area contributed by atoms with Gasteiger partial charge in [0.15, 0.2) is 36.9 Å². The van der Waals surface area contributed by atoms with Crippen LogP contribution in [0.25, 0.3) is 20.4 Å². The molecular formula is C30H32N4O16S. The molecule has 5 heterocycles. The number of thiophene rings is 1. The first-order valence-corrected chi connectivity index (χ1v) is 16.1. The van der Waals surface area contributed by atoms with Gasteiger partial charge in [0.25, 0.3) is 0 Å². The summed E-state index contributed by atoms with van der Waals surface area (Å²) in [7, 11) is 0. The molecule has 8 atom stereocenters. The predicted molar refractivity (Wildman–Crippen MR) is 167 cm³/mol. The first-order valence-electron chi connectivity index (χ1n) is 15.2. The van der Waals surface area contributed by atoms with E-state index in [1.807, 2.05) is 0 Å². The molecule has 0 aliphatic carbocycles. The van der Waals surface area contributed by atoms with E-state index in [0.29, 0.717) is 4.70 Å². The molecule has 0 radical (unpaired) electrons. The number of hydrogen-bond acceptors (Lipinski definition) is 19. The monoisotopic (exact) mass is 736 g/mol. The fourth-order valence-corrected chi connectivity index (χ4v) is 6.73. The summed E-state index contributed by atoms with van der Waals surface area (Å²) >= 11 is 0.965. The molecule has 3 aromatic rings. The van der Waals surface area contributed by atoms with E-state index < -0.39 is 109 Å². The molecule has 21 heteroatoms. The summed E-state index contributed by atoms with van der Waals surface area (Å²) in [6.07, 6.45) is -7.84. The molecule has 0 amide bonds. The molecule has 0 spiro atoms. The highest BCUT2D eigenvalue weighted by Gasteiger charge is 2.52. The average molecular weight is 737 g/mol. The molecule has 3 aromatic heterocycles. The Morgan fingerprint density at radius 2 is 1.04 bits per heavy atom. The van der Waals surface area contributed by atoms with Crippen molar-refractivity contribution in [3.8, 4) is 0 Å². The molecular weight excluding hydrogens is 704 g/mol. The first kappa shape index (κ1) is 37.0. The van der Waals surface area contributed by atoms with Crippen molar-refractivity contribution in [3.05, 3.63) is 33.4 Å². The zero-order chi connectivity index (χ0) is 37.3. The summed E-state index contributed by atoms with van der Waals surface area (Å²) < 4.78 is 45.9. The summed E-state index contributed by atoms with van der Waals surface area (Å²) in [5.41, 5.74) is -1.71. The third kappa shape index (κ3) is 8.05. The van der Waals surface area contributed by atoms with Crippen molar-refractivity contribution >= 4 is 67.6 Å². The van der Waals surface area contributed by atoms with Gasteiger partial charge < -0.3 is 37.9 Å². The van der Waals surface area contributed by atoms with Crippen LogP contribution in [0, 0.1) is 0 Å². The van der Waals surface area contributed by atoms with Gasteiger partial charge >= 0.3 is 47.2 Å². The van der Waals surface area contributed by atoms with Gasteiger partial charge in [-0.3, -0.25) is 37.9 Å². The van der Waals surface area contributed by atoms with Crippen molar-refractivity contribution in [2.45, 2.75) is 90.6 Å². The van der Waals surface area contributed by atoms with Gasteiger partial charge in [-0.1, -0.05) is 0 Å². The SMILES string of the molecule is CC(=O)OC[C@H]1O[C@@H](n2cc3c(nc2=O)sc2cn([C@@H]4O[C@H](COC(C)=O)[C@@H](OC(C)=O)[C@H]4OC(C)=O)c(=O)nc23)[C@H](OC(C)=O)[C@@H]1OC(C)=O. The first-order chi connectivity index (χ1) is 24.0. The van der Waals surface area contributed by atoms with E-state index in [2.05, 4.69) is 9.97 Å². The molecule has 2 aliphatic rings. The van der Waals surface area contributed by atoms with Crippen LogP contribution in [0.1, 0.15) is 54.0 Å². The number of carbonyl (C=O) groups excluding carboxylic acids is 6. The summed E-state index contributed by atoms with van der Waals surface area (Å²) in [4.78, 5) is 107. The Kier molecular flexibility index (Phi) is 10.8. The highest BCUT2D eigenvalue weighted by molar-refractivity contribution is 7.25. The van der Waals surface area contributed by atoms with Crippen LogP contribution in [0.5, 0.6) is 0 Å². The second-order valence-electron chi connectivity index (χ2n) is 11.4. The lowest BCUT2D eigenvalue weighted by Crippen LogP contribution is -2.41. The summed E-state index contributed by atoms with van der Waals surface area (Å²) in [6, 6.07) is 0. The lowest BCUT2D eigenvalue weighted by molar-refractivity contribution is -0.166. The van der Waals surface area contributed by atoms with Crippen LogP contribution in [0.2, 0.25) is 0 Å². The number of rotatable bonds is 10. The van der Waals surface area contributed by atoms with Crippen molar-refractivity contribution in [1.29, 1.82) is 0 Å². The number of hydrogen-bond donors (Lipinski definition) is 0. The number of nitrogens with zero attached hydrogens (tertiary/aromatic N) is 4. The van der Waals surface area contributed by atoms with Crippen LogP contribution < -0.4 is 11.4 Å². The molecule has 2 aliphatic heterocycles. The Hall–Kier alpha value is -5.28. The van der Waals surface area contributed by atoms with E-state index in [1.165, 1.54) is 12.4 Å². The maximum absolute atomic E-state index is 13.6. The van der Waals surface area contributed by atoms with Crippen molar-refractivity contribution in [3.63, 3.8) is 0 Å². The maximum Gasteiger partial charge on any atom is 0.351 e. The van der Waals surface area contributed by atoms with Crippen LogP contribution >= 0.6 is 11.3 Å². The largest absolute Gasteiger partial charge is 0.463 e. The number of ether oxygens (including phenoxy) is 8. The van der Waals surface area contributed by atoms with Crippen molar-refractivity contribution in [2.75, 3.05) is 13.2 Å². The van der Waals surface area contributed by atoms with Gasteiger partial charge in [0, 0.05) is 53.9 Å². The third-order valence-corrected chi connectivity index (χ3v) is 8.55. The topological polar surface area (TPSA) is 246 Å². The maximum atomic E-state index is 13.6. The molecule has 0 bridgehead atoms. The fraction of sp³-hybridized carbons (Fsp3) is 0.533. The van der Waals surface area contributed by atoms with Gasteiger partial charge in [0.2, 0.25) is 0 Å². The number of carbonyl (C=O) groups is 6. The molecule has 20 nitrogen and oxygen atoms in total. The minimum absolute atomic E-state index is 0.0857. The van der Waals surface area contributed by atoms with E-state index in [4.69, 9.17) is 37.9 Å². The van der Waals surface area contributed by atoms with E-state index >= 15 is 0 Å². The van der Waals surface area contributed by atoms with Crippen molar-refractivity contribution < 1.29 is 66.7 Å². The average Bonchev–Trinajstić information content (AvgIpc) is 3.64. The molecule has 5 rings (SSSR count). The normalized spacial score (nSPS) is 25.7. The second-order valence-corrected chi connectivity index (χ2v) is 12.5. The van der Waals surface area contributed by atoms with Crippen LogP contribution in [-0.2, 0) is 66.7 Å². The van der Waals surface area contributed by atoms with Gasteiger partial charge in [0.1, 0.15) is 30.3 Å². The second kappa shape index (κ2) is 14.9. The lowest BCUT2D eigenvalue weighted by Gasteiger charge is -2.24. The van der Waals surface area contributed by atoms with Gasteiger partial charge in [-0.25, -0.2) is 9.59 Å². The fourth-order valence-electron chi connectivity index (χ4n) is 5.72. The predicted octanol–water partition coefficient (Wildman–Crippen LogP) is -0.184. The smallest absolute Gasteiger partial charge is 0.351 e. The Morgan fingerprint density at radius 3 is 1.47 bits per heavy atom. The van der Waals surface area contributed by atoms with Crippen LogP contribution in [-0.4, -0.2) is 105 Å². The quantitative estimate of drug-likeness (QED) is 0.193. The highest BCUT2D eigenvalue weighted by Crippen LogP contribution is 2.38. The third-order valence-electron chi connectivity index (χ3n) is 7.53. The molecule has 274 valence electrons. The van der Waals surface area contributed by atoms with Gasteiger partial charge in [0.05, 0.1) is 15.6 Å². The van der Waals surface area contributed by atoms with Crippen LogP contribution in [0.4, 0.5) is 0 Å². The van der Waals surface area contributed by atoms with Gasteiger partial charge in [-0.2, -0.15) is 9.97 Å². The Labute approximate surface area is 290 Å². The van der Waals surface area contributed by atoms with Crippen LogP contribution in [0.3, 0.4) is 0 Å². The van der Waals surface area contributed by atoms with Gasteiger partial charge in [-0.05, 0) is 0 Å². The Balaban J connectivity index is 1.58. The Bertz CT molecular complexity index is 2020. The minimum atomic E-state index is -1.43. The number of fused-ring (bicyclic) bond motifs is 3. The summed E-state index contributed by atoms with van der Waals surface area (Å²) in [6.45, 7) is 5.92. The molecule has 2 saturated heterocycles. The zero-order valence-corrected chi connectivity index (χ0v) is 28.7.